The van der Waals surface area contributed by atoms with Crippen molar-refractivity contribution in [1.82, 2.24) is 10.3 Å². The fourth-order valence-electron chi connectivity index (χ4n) is 3.97. The van der Waals surface area contributed by atoms with Crippen molar-refractivity contribution in [2.75, 3.05) is 13.2 Å². The molecule has 6 nitrogen and oxygen atoms in total. The Bertz CT molecular complexity index is 1120. The van der Waals surface area contributed by atoms with Gasteiger partial charge < -0.3 is 14.5 Å². The van der Waals surface area contributed by atoms with Gasteiger partial charge in [-0.1, -0.05) is 25.1 Å². The molecule has 1 unspecified atom stereocenters. The molecular weight excluding hydrogens is 380 g/mol. The first-order valence-electron chi connectivity index (χ1n) is 10.2. The van der Waals surface area contributed by atoms with Crippen molar-refractivity contribution in [2.24, 2.45) is 5.92 Å². The third kappa shape index (κ3) is 3.99. The van der Waals surface area contributed by atoms with Crippen molar-refractivity contribution in [3.8, 4) is 0 Å². The van der Waals surface area contributed by atoms with Gasteiger partial charge in [-0.25, -0.2) is 9.78 Å². The van der Waals surface area contributed by atoms with E-state index in [1.54, 1.807) is 6.26 Å². The number of likely N-dealkylation sites (N-methyl/N-ethyl adjacent to an activating group) is 1. The zero-order chi connectivity index (χ0) is 21.1. The number of esters is 1. The molecule has 0 bridgehead atoms. The number of fused-ring (bicyclic) bond motifs is 2. The van der Waals surface area contributed by atoms with Gasteiger partial charge in [0.1, 0.15) is 5.76 Å². The number of aromatic nitrogens is 1. The molecule has 1 atom stereocenters. The van der Waals surface area contributed by atoms with Gasteiger partial charge in [-0.2, -0.15) is 0 Å². The standard InChI is InChI=1S/C24H24N2O4/c1-3-25-21(27)14-30-24(28)22-18-8-4-5-9-20(18)26-23-16(11-15(2)12-19(22)23)13-17-7-6-10-29-17/h4-10,13,15H,3,11-12,14H2,1-2H3,(H,25,27)/b16-13-. The Labute approximate surface area is 174 Å². The summed E-state index contributed by atoms with van der Waals surface area (Å²) in [6.45, 7) is 4.16. The fraction of sp³-hybridized carbons (Fsp3) is 0.292. The van der Waals surface area contributed by atoms with Gasteiger partial charge >= 0.3 is 5.97 Å². The highest BCUT2D eigenvalue weighted by Gasteiger charge is 2.29. The molecule has 0 saturated heterocycles. The van der Waals surface area contributed by atoms with E-state index in [2.05, 4.69) is 12.2 Å². The minimum atomic E-state index is -0.498. The number of hydrogen-bond donors (Lipinski definition) is 1. The maximum atomic E-state index is 13.1. The maximum Gasteiger partial charge on any atom is 0.339 e. The number of pyridine rings is 1. The molecule has 30 heavy (non-hydrogen) atoms. The molecular formula is C24H24N2O4. The topological polar surface area (TPSA) is 81.4 Å². The molecule has 1 N–H and O–H groups in total. The highest BCUT2D eigenvalue weighted by Crippen LogP contribution is 2.38. The number of nitrogens with zero attached hydrogens (tertiary/aromatic N) is 1. The Morgan fingerprint density at radius 3 is 2.83 bits per heavy atom. The van der Waals surface area contributed by atoms with E-state index in [0.717, 1.165) is 39.9 Å². The first-order chi connectivity index (χ1) is 14.6. The van der Waals surface area contributed by atoms with Gasteiger partial charge in [0.05, 0.1) is 23.0 Å². The lowest BCUT2D eigenvalue weighted by atomic mass is 9.81. The molecule has 1 aromatic carbocycles. The molecule has 1 aliphatic rings. The molecule has 2 aromatic heterocycles. The van der Waals surface area contributed by atoms with Crippen molar-refractivity contribution in [3.05, 3.63) is 65.2 Å². The number of hydrogen-bond acceptors (Lipinski definition) is 5. The van der Waals surface area contributed by atoms with Crippen molar-refractivity contribution >= 4 is 34.4 Å². The van der Waals surface area contributed by atoms with Gasteiger partial charge in [0.15, 0.2) is 6.61 Å². The Morgan fingerprint density at radius 2 is 2.07 bits per heavy atom. The largest absolute Gasteiger partial charge is 0.465 e. The number of carbonyl (C=O) groups excluding carboxylic acids is 2. The Balaban J connectivity index is 1.82. The SMILES string of the molecule is CCNC(=O)COC(=O)c1c2c(nc3ccccc13)/C(=C\c1ccco1)CC(C)C2. The lowest BCUT2D eigenvalue weighted by Crippen LogP contribution is -2.29. The summed E-state index contributed by atoms with van der Waals surface area (Å²) in [4.78, 5) is 29.8. The second kappa shape index (κ2) is 8.53. The lowest BCUT2D eigenvalue weighted by molar-refractivity contribution is -0.124. The van der Waals surface area contributed by atoms with Gasteiger partial charge in [-0.15, -0.1) is 0 Å². The van der Waals surface area contributed by atoms with Crippen LogP contribution in [0.25, 0.3) is 22.6 Å². The Hall–Kier alpha value is -3.41. The van der Waals surface area contributed by atoms with E-state index in [4.69, 9.17) is 14.1 Å². The zero-order valence-corrected chi connectivity index (χ0v) is 17.1. The predicted molar refractivity (Wildman–Crippen MR) is 115 cm³/mol. The number of ether oxygens (including phenoxy) is 1. The number of allylic oxidation sites excluding steroid dienone is 1. The first-order valence-corrected chi connectivity index (χ1v) is 10.2. The van der Waals surface area contributed by atoms with Gasteiger partial charge in [0.25, 0.3) is 5.91 Å². The highest BCUT2D eigenvalue weighted by molar-refractivity contribution is 6.07. The van der Waals surface area contributed by atoms with Gasteiger partial charge in [0, 0.05) is 11.9 Å². The highest BCUT2D eigenvalue weighted by atomic mass is 16.5. The Kier molecular flexibility index (Phi) is 5.65. The number of rotatable bonds is 5. The van der Waals surface area contributed by atoms with Crippen LogP contribution in [0.5, 0.6) is 0 Å². The third-order valence-electron chi connectivity index (χ3n) is 5.19. The molecule has 0 fully saturated rings. The lowest BCUT2D eigenvalue weighted by Gasteiger charge is -2.26. The Morgan fingerprint density at radius 1 is 1.23 bits per heavy atom. The maximum absolute atomic E-state index is 13.1. The summed E-state index contributed by atoms with van der Waals surface area (Å²) in [5, 5.41) is 3.38. The fourth-order valence-corrected chi connectivity index (χ4v) is 3.97. The van der Waals surface area contributed by atoms with E-state index >= 15 is 0 Å². The van der Waals surface area contributed by atoms with Crippen molar-refractivity contribution in [3.63, 3.8) is 0 Å². The molecule has 1 aliphatic carbocycles. The second-order valence-corrected chi connectivity index (χ2v) is 7.56. The number of nitrogens with one attached hydrogen (secondary N) is 1. The molecule has 0 saturated carbocycles. The average Bonchev–Trinajstić information content (AvgIpc) is 3.24. The van der Waals surface area contributed by atoms with E-state index in [1.165, 1.54) is 0 Å². The van der Waals surface area contributed by atoms with Gasteiger partial charge in [0.2, 0.25) is 0 Å². The summed E-state index contributed by atoms with van der Waals surface area (Å²) in [5.41, 5.74) is 3.92. The summed E-state index contributed by atoms with van der Waals surface area (Å²) >= 11 is 0. The van der Waals surface area contributed by atoms with Crippen LogP contribution in [0.2, 0.25) is 0 Å². The zero-order valence-electron chi connectivity index (χ0n) is 17.1. The monoisotopic (exact) mass is 404 g/mol. The van der Waals surface area contributed by atoms with E-state index in [1.807, 2.05) is 49.4 Å². The summed E-state index contributed by atoms with van der Waals surface area (Å²) < 4.78 is 10.9. The van der Waals surface area contributed by atoms with Crippen molar-refractivity contribution in [1.29, 1.82) is 0 Å². The van der Waals surface area contributed by atoms with Crippen LogP contribution in [-0.4, -0.2) is 30.0 Å². The number of amides is 1. The number of para-hydroxylation sites is 1. The number of benzene rings is 1. The van der Waals surface area contributed by atoms with Crippen LogP contribution in [0.4, 0.5) is 0 Å². The molecule has 6 heteroatoms. The quantitative estimate of drug-likeness (QED) is 0.643. The van der Waals surface area contributed by atoms with Crippen molar-refractivity contribution < 1.29 is 18.7 Å². The summed E-state index contributed by atoms with van der Waals surface area (Å²) in [5.74, 6) is 0.268. The molecule has 1 amide bonds. The van der Waals surface area contributed by atoms with Crippen LogP contribution in [-0.2, 0) is 16.0 Å². The van der Waals surface area contributed by atoms with Gasteiger partial charge in [-0.05, 0) is 61.1 Å². The smallest absolute Gasteiger partial charge is 0.339 e. The average molecular weight is 404 g/mol. The second-order valence-electron chi connectivity index (χ2n) is 7.56. The number of carbonyl (C=O) groups is 2. The van der Waals surface area contributed by atoms with Crippen LogP contribution in [0.1, 0.15) is 47.6 Å². The third-order valence-corrected chi connectivity index (χ3v) is 5.19. The number of furan rings is 1. The molecule has 4 rings (SSSR count). The van der Waals surface area contributed by atoms with E-state index in [9.17, 15) is 9.59 Å². The van der Waals surface area contributed by atoms with Crippen LogP contribution in [0.3, 0.4) is 0 Å². The predicted octanol–water partition coefficient (Wildman–Crippen LogP) is 4.24. The molecule has 154 valence electrons. The van der Waals surface area contributed by atoms with Crippen molar-refractivity contribution in [2.45, 2.75) is 26.7 Å². The minimum absolute atomic E-state index is 0.303. The molecule has 0 spiro atoms. The molecule has 0 aliphatic heterocycles. The first kappa shape index (κ1) is 19.9. The van der Waals surface area contributed by atoms with E-state index in [0.29, 0.717) is 24.4 Å². The molecule has 3 aromatic rings. The van der Waals surface area contributed by atoms with Crippen LogP contribution in [0, 0.1) is 5.92 Å². The van der Waals surface area contributed by atoms with Gasteiger partial charge in [-0.3, -0.25) is 4.79 Å². The van der Waals surface area contributed by atoms with Crippen LogP contribution < -0.4 is 5.32 Å². The summed E-state index contributed by atoms with van der Waals surface area (Å²) in [6, 6.07) is 11.3. The van der Waals surface area contributed by atoms with Crippen LogP contribution in [0.15, 0.2) is 47.1 Å². The molecule has 2 heterocycles. The normalized spacial score (nSPS) is 17.0. The van der Waals surface area contributed by atoms with E-state index < -0.39 is 5.97 Å². The van der Waals surface area contributed by atoms with E-state index in [-0.39, 0.29) is 12.5 Å². The summed E-state index contributed by atoms with van der Waals surface area (Å²) in [6.07, 6.45) is 5.18. The summed E-state index contributed by atoms with van der Waals surface area (Å²) in [7, 11) is 0. The molecule has 0 radical (unpaired) electrons. The van der Waals surface area contributed by atoms with Crippen LogP contribution >= 0.6 is 0 Å². The minimum Gasteiger partial charge on any atom is -0.465 e.